The summed E-state index contributed by atoms with van der Waals surface area (Å²) in [4.78, 5) is 7.12. The van der Waals surface area contributed by atoms with Crippen molar-refractivity contribution in [3.05, 3.63) is 34.5 Å². The van der Waals surface area contributed by atoms with Gasteiger partial charge in [-0.3, -0.25) is 0 Å². The van der Waals surface area contributed by atoms with Crippen LogP contribution in [-0.2, 0) is 6.54 Å². The van der Waals surface area contributed by atoms with Gasteiger partial charge in [0.2, 0.25) is 5.88 Å². The molecule has 0 saturated heterocycles. The summed E-state index contributed by atoms with van der Waals surface area (Å²) in [5.41, 5.74) is 0.466. The average molecular weight is 306 g/mol. The molecule has 1 N–H and O–H groups in total. The molecular formula is C14H15FN4OS. The van der Waals surface area contributed by atoms with E-state index in [2.05, 4.69) is 10.3 Å². The van der Waals surface area contributed by atoms with Crippen LogP contribution in [0.25, 0.3) is 0 Å². The van der Waals surface area contributed by atoms with Crippen molar-refractivity contribution in [3.8, 4) is 11.9 Å². The molecule has 0 fully saturated rings. The third kappa shape index (κ3) is 3.23. The topological polar surface area (TPSA) is 61.2 Å². The van der Waals surface area contributed by atoms with Crippen molar-refractivity contribution >= 4 is 22.2 Å². The van der Waals surface area contributed by atoms with Gasteiger partial charge in [0, 0.05) is 14.1 Å². The number of methoxy groups -OCH3 is 1. The minimum absolute atomic E-state index is 0.00816. The van der Waals surface area contributed by atoms with Crippen LogP contribution < -0.4 is 15.0 Å². The molecule has 0 saturated carbocycles. The zero-order chi connectivity index (χ0) is 15.4. The molecule has 0 radical (unpaired) electrons. The summed E-state index contributed by atoms with van der Waals surface area (Å²) in [6.07, 6.45) is 0. The van der Waals surface area contributed by atoms with E-state index < -0.39 is 5.82 Å². The van der Waals surface area contributed by atoms with Gasteiger partial charge in [-0.25, -0.2) is 4.39 Å². The molecule has 0 spiro atoms. The number of thiazole rings is 1. The fourth-order valence-corrected chi connectivity index (χ4v) is 2.64. The third-order valence-electron chi connectivity index (χ3n) is 2.79. The first kappa shape index (κ1) is 15.1. The third-order valence-corrected chi connectivity index (χ3v) is 4.00. The molecule has 0 bridgehead atoms. The second kappa shape index (κ2) is 6.41. The van der Waals surface area contributed by atoms with Crippen molar-refractivity contribution in [2.75, 3.05) is 31.4 Å². The Bertz CT molecular complexity index is 678. The SMILES string of the molecule is COc1nc(N(C)C)sc1CNc1cccc(F)c1C#N. The highest BCUT2D eigenvalue weighted by Gasteiger charge is 2.14. The van der Waals surface area contributed by atoms with Crippen molar-refractivity contribution < 1.29 is 9.13 Å². The van der Waals surface area contributed by atoms with E-state index in [9.17, 15) is 4.39 Å². The lowest BCUT2D eigenvalue weighted by Crippen LogP contribution is -2.07. The summed E-state index contributed by atoms with van der Waals surface area (Å²) < 4.78 is 18.8. The first-order valence-corrected chi connectivity index (χ1v) is 7.02. The lowest BCUT2D eigenvalue weighted by Gasteiger charge is -2.08. The molecule has 1 aromatic carbocycles. The van der Waals surface area contributed by atoms with Crippen molar-refractivity contribution in [1.82, 2.24) is 4.98 Å². The van der Waals surface area contributed by atoms with Crippen LogP contribution in [0.15, 0.2) is 18.2 Å². The van der Waals surface area contributed by atoms with Crippen LogP contribution in [0.2, 0.25) is 0 Å². The van der Waals surface area contributed by atoms with Gasteiger partial charge in [0.15, 0.2) is 5.13 Å². The predicted molar refractivity (Wildman–Crippen MR) is 81.4 cm³/mol. The van der Waals surface area contributed by atoms with Crippen LogP contribution in [0.4, 0.5) is 15.2 Å². The first-order chi connectivity index (χ1) is 10.1. The largest absolute Gasteiger partial charge is 0.480 e. The Morgan fingerprint density at radius 1 is 1.48 bits per heavy atom. The van der Waals surface area contributed by atoms with Gasteiger partial charge in [-0.2, -0.15) is 10.2 Å². The van der Waals surface area contributed by atoms with Gasteiger partial charge >= 0.3 is 0 Å². The minimum Gasteiger partial charge on any atom is -0.480 e. The average Bonchev–Trinajstić information content (AvgIpc) is 2.88. The molecule has 2 rings (SSSR count). The summed E-state index contributed by atoms with van der Waals surface area (Å²) in [5, 5.41) is 12.9. The first-order valence-electron chi connectivity index (χ1n) is 6.20. The lowest BCUT2D eigenvalue weighted by molar-refractivity contribution is 0.397. The highest BCUT2D eigenvalue weighted by Crippen LogP contribution is 2.31. The van der Waals surface area contributed by atoms with Crippen molar-refractivity contribution in [2.24, 2.45) is 0 Å². The van der Waals surface area contributed by atoms with Crippen molar-refractivity contribution in [2.45, 2.75) is 6.54 Å². The molecule has 0 unspecified atom stereocenters. The predicted octanol–water partition coefficient (Wildman–Crippen LogP) is 2.84. The molecule has 0 amide bonds. The molecule has 1 heterocycles. The number of hydrogen-bond donors (Lipinski definition) is 1. The summed E-state index contributed by atoms with van der Waals surface area (Å²) in [6, 6.07) is 6.36. The van der Waals surface area contributed by atoms with E-state index >= 15 is 0 Å². The molecule has 2 aromatic rings. The standard InChI is InChI=1S/C14H15FN4OS/c1-19(2)14-18-13(20-3)12(21-14)8-17-11-6-4-5-10(15)9(11)7-16/h4-6,17H,8H2,1-3H3. The second-order valence-corrected chi connectivity index (χ2v) is 5.51. The van der Waals surface area contributed by atoms with Gasteiger partial charge in [0.1, 0.15) is 17.4 Å². The maximum atomic E-state index is 13.5. The Morgan fingerprint density at radius 2 is 2.24 bits per heavy atom. The highest BCUT2D eigenvalue weighted by atomic mass is 32.1. The van der Waals surface area contributed by atoms with E-state index in [1.54, 1.807) is 19.2 Å². The number of rotatable bonds is 5. The molecule has 0 aliphatic carbocycles. The zero-order valence-electron chi connectivity index (χ0n) is 12.0. The fourth-order valence-electron chi connectivity index (χ4n) is 1.75. The smallest absolute Gasteiger partial charge is 0.231 e. The maximum absolute atomic E-state index is 13.5. The number of ether oxygens (including phenoxy) is 1. The number of nitriles is 1. The molecule has 0 aliphatic heterocycles. The summed E-state index contributed by atoms with van der Waals surface area (Å²) in [6.45, 7) is 0.410. The van der Waals surface area contributed by atoms with E-state index in [1.165, 1.54) is 17.4 Å². The molecule has 1 aromatic heterocycles. The lowest BCUT2D eigenvalue weighted by atomic mass is 10.2. The van der Waals surface area contributed by atoms with Crippen molar-refractivity contribution in [3.63, 3.8) is 0 Å². The summed E-state index contributed by atoms with van der Waals surface area (Å²) in [5.74, 6) is -0.00105. The van der Waals surface area contributed by atoms with Gasteiger partial charge in [-0.1, -0.05) is 17.4 Å². The quantitative estimate of drug-likeness (QED) is 0.920. The van der Waals surface area contributed by atoms with E-state index in [0.29, 0.717) is 18.1 Å². The number of nitrogens with one attached hydrogen (secondary N) is 1. The van der Waals surface area contributed by atoms with Gasteiger partial charge in [-0.15, -0.1) is 0 Å². The van der Waals surface area contributed by atoms with Crippen LogP contribution in [0.3, 0.4) is 0 Å². The Morgan fingerprint density at radius 3 is 2.86 bits per heavy atom. The van der Waals surface area contributed by atoms with Crippen LogP contribution in [-0.4, -0.2) is 26.2 Å². The van der Waals surface area contributed by atoms with Gasteiger partial charge < -0.3 is 15.0 Å². The van der Waals surface area contributed by atoms with Gasteiger partial charge in [-0.05, 0) is 12.1 Å². The molecule has 110 valence electrons. The summed E-state index contributed by atoms with van der Waals surface area (Å²) in [7, 11) is 5.35. The Balaban J connectivity index is 2.21. The van der Waals surface area contributed by atoms with Crippen LogP contribution in [0, 0.1) is 17.1 Å². The molecule has 0 atom stereocenters. The number of halogens is 1. The molecule has 7 heteroatoms. The monoisotopic (exact) mass is 306 g/mol. The van der Waals surface area contributed by atoms with Crippen LogP contribution >= 0.6 is 11.3 Å². The van der Waals surface area contributed by atoms with Gasteiger partial charge in [0.05, 0.1) is 24.2 Å². The number of aromatic nitrogens is 1. The normalized spacial score (nSPS) is 10.0. The van der Waals surface area contributed by atoms with E-state index in [1.807, 2.05) is 25.1 Å². The Labute approximate surface area is 126 Å². The van der Waals surface area contributed by atoms with E-state index in [0.717, 1.165) is 10.0 Å². The van der Waals surface area contributed by atoms with E-state index in [4.69, 9.17) is 10.00 Å². The molecule has 21 heavy (non-hydrogen) atoms. The number of nitrogens with zero attached hydrogens (tertiary/aromatic N) is 3. The Hall–Kier alpha value is -2.33. The van der Waals surface area contributed by atoms with Gasteiger partial charge in [0.25, 0.3) is 0 Å². The van der Waals surface area contributed by atoms with E-state index in [-0.39, 0.29) is 5.56 Å². The Kier molecular flexibility index (Phi) is 4.60. The number of benzene rings is 1. The number of anilines is 2. The fraction of sp³-hybridized carbons (Fsp3) is 0.286. The number of hydrogen-bond acceptors (Lipinski definition) is 6. The molecular weight excluding hydrogens is 291 g/mol. The minimum atomic E-state index is -0.534. The molecule has 0 aliphatic rings. The van der Waals surface area contributed by atoms with Crippen molar-refractivity contribution in [1.29, 1.82) is 5.26 Å². The highest BCUT2D eigenvalue weighted by molar-refractivity contribution is 7.15. The van der Waals surface area contributed by atoms with Crippen LogP contribution in [0.1, 0.15) is 10.4 Å². The van der Waals surface area contributed by atoms with Crippen LogP contribution in [0.5, 0.6) is 5.88 Å². The maximum Gasteiger partial charge on any atom is 0.231 e. The molecule has 5 nitrogen and oxygen atoms in total. The zero-order valence-corrected chi connectivity index (χ0v) is 12.8. The second-order valence-electron chi connectivity index (χ2n) is 4.45. The summed E-state index contributed by atoms with van der Waals surface area (Å²) >= 11 is 1.48.